The average Bonchev–Trinajstić information content (AvgIpc) is 3.45. The molecule has 1 aliphatic heterocycles. The Labute approximate surface area is 180 Å². The van der Waals surface area contributed by atoms with Gasteiger partial charge in [-0.25, -0.2) is 4.98 Å². The zero-order valence-corrected chi connectivity index (χ0v) is 17.7. The number of phenols is 1. The first-order valence-electron chi connectivity index (χ1n) is 10.2. The van der Waals surface area contributed by atoms with Gasteiger partial charge in [-0.1, -0.05) is 11.2 Å². The Morgan fingerprint density at radius 2 is 2.10 bits per heavy atom. The van der Waals surface area contributed by atoms with E-state index in [4.69, 9.17) is 18.7 Å². The van der Waals surface area contributed by atoms with Crippen LogP contribution in [0.2, 0.25) is 0 Å². The lowest BCUT2D eigenvalue weighted by Crippen LogP contribution is -2.23. The molecule has 1 N–H and O–H groups in total. The molecule has 0 saturated carbocycles. The van der Waals surface area contributed by atoms with Crippen LogP contribution in [0.25, 0.3) is 11.4 Å². The van der Waals surface area contributed by atoms with Crippen LogP contribution in [0.4, 0.5) is 0 Å². The quantitative estimate of drug-likeness (QED) is 0.517. The van der Waals surface area contributed by atoms with E-state index < -0.39 is 0 Å². The van der Waals surface area contributed by atoms with Gasteiger partial charge >= 0.3 is 0 Å². The van der Waals surface area contributed by atoms with Crippen LogP contribution in [0.3, 0.4) is 0 Å². The van der Waals surface area contributed by atoms with Crippen molar-refractivity contribution in [1.82, 2.24) is 20.0 Å². The SMILES string of the molecule is COCCOc1ccc(-c2noc([C@@H]3CCCN3Cc3ccc(OC)cc3O)n2)cn1. The Bertz CT molecular complexity index is 992. The van der Waals surface area contributed by atoms with E-state index in [0.717, 1.165) is 30.5 Å². The molecule has 31 heavy (non-hydrogen) atoms. The highest BCUT2D eigenvalue weighted by atomic mass is 16.5. The standard InChI is InChI=1S/C22H26N4O5/c1-28-10-11-30-20-8-6-15(13-23-20)21-24-22(31-25-21)18-4-3-9-26(18)14-16-5-7-17(29-2)12-19(16)27/h5-8,12-13,18,27H,3-4,9-11,14H2,1-2H3/t18-/m0/s1. The fraction of sp³-hybridized carbons (Fsp3) is 0.409. The summed E-state index contributed by atoms with van der Waals surface area (Å²) < 4.78 is 21.2. The molecule has 9 heteroatoms. The molecule has 1 aromatic carbocycles. The lowest BCUT2D eigenvalue weighted by molar-refractivity contribution is 0.144. The van der Waals surface area contributed by atoms with Crippen LogP contribution in [0.1, 0.15) is 30.3 Å². The Balaban J connectivity index is 1.44. The molecule has 0 aliphatic carbocycles. The number of phenolic OH excluding ortho intramolecular Hbond substituents is 1. The molecule has 1 atom stereocenters. The summed E-state index contributed by atoms with van der Waals surface area (Å²) in [6.07, 6.45) is 3.61. The number of hydrogen-bond donors (Lipinski definition) is 1. The zero-order chi connectivity index (χ0) is 21.6. The molecule has 0 unspecified atom stereocenters. The Hall–Kier alpha value is -3.17. The molecule has 3 heterocycles. The van der Waals surface area contributed by atoms with Crippen molar-refractivity contribution in [3.8, 4) is 28.8 Å². The lowest BCUT2D eigenvalue weighted by atomic mass is 10.1. The first kappa shape index (κ1) is 21.1. The molecule has 0 radical (unpaired) electrons. The maximum absolute atomic E-state index is 10.3. The van der Waals surface area contributed by atoms with Gasteiger partial charge in [0.15, 0.2) is 0 Å². The largest absolute Gasteiger partial charge is 0.507 e. The van der Waals surface area contributed by atoms with E-state index in [9.17, 15) is 5.11 Å². The number of benzene rings is 1. The fourth-order valence-electron chi connectivity index (χ4n) is 3.63. The highest BCUT2D eigenvalue weighted by Gasteiger charge is 2.31. The van der Waals surface area contributed by atoms with Gasteiger partial charge in [0, 0.05) is 43.1 Å². The maximum Gasteiger partial charge on any atom is 0.244 e. The average molecular weight is 426 g/mol. The molecule has 164 valence electrons. The monoisotopic (exact) mass is 426 g/mol. The van der Waals surface area contributed by atoms with Crippen LogP contribution in [0.15, 0.2) is 41.1 Å². The minimum absolute atomic E-state index is 0.00682. The van der Waals surface area contributed by atoms with Crippen LogP contribution < -0.4 is 9.47 Å². The van der Waals surface area contributed by atoms with E-state index in [2.05, 4.69) is 20.0 Å². The van der Waals surface area contributed by atoms with E-state index in [-0.39, 0.29) is 11.8 Å². The summed E-state index contributed by atoms with van der Waals surface area (Å²) in [4.78, 5) is 11.1. The van der Waals surface area contributed by atoms with E-state index in [1.54, 1.807) is 32.5 Å². The number of hydrogen-bond acceptors (Lipinski definition) is 9. The van der Waals surface area contributed by atoms with Crippen LogP contribution >= 0.6 is 0 Å². The lowest BCUT2D eigenvalue weighted by Gasteiger charge is -2.22. The predicted molar refractivity (Wildman–Crippen MR) is 112 cm³/mol. The number of likely N-dealkylation sites (tertiary alicyclic amines) is 1. The van der Waals surface area contributed by atoms with Crippen molar-refractivity contribution in [2.75, 3.05) is 34.0 Å². The summed E-state index contributed by atoms with van der Waals surface area (Å²) in [5, 5.41) is 14.4. The number of methoxy groups -OCH3 is 2. The van der Waals surface area contributed by atoms with Crippen molar-refractivity contribution in [2.24, 2.45) is 0 Å². The van der Waals surface area contributed by atoms with Crippen molar-refractivity contribution >= 4 is 0 Å². The van der Waals surface area contributed by atoms with Crippen molar-refractivity contribution in [3.05, 3.63) is 48.0 Å². The molecule has 3 aromatic rings. The smallest absolute Gasteiger partial charge is 0.244 e. The zero-order valence-electron chi connectivity index (χ0n) is 17.7. The van der Waals surface area contributed by atoms with E-state index >= 15 is 0 Å². The fourth-order valence-corrected chi connectivity index (χ4v) is 3.63. The molecular weight excluding hydrogens is 400 g/mol. The third-order valence-electron chi connectivity index (χ3n) is 5.29. The van der Waals surface area contributed by atoms with E-state index in [1.165, 1.54) is 0 Å². The molecule has 0 bridgehead atoms. The number of pyridine rings is 1. The highest BCUT2D eigenvalue weighted by Crippen LogP contribution is 2.35. The van der Waals surface area contributed by atoms with Gasteiger partial charge in [0.2, 0.25) is 17.6 Å². The highest BCUT2D eigenvalue weighted by molar-refractivity contribution is 5.53. The Morgan fingerprint density at radius 1 is 1.19 bits per heavy atom. The molecule has 1 saturated heterocycles. The maximum atomic E-state index is 10.3. The number of ether oxygens (including phenoxy) is 3. The second-order valence-electron chi connectivity index (χ2n) is 7.31. The normalized spacial score (nSPS) is 16.5. The molecule has 0 amide bonds. The second kappa shape index (κ2) is 9.76. The van der Waals surface area contributed by atoms with Gasteiger partial charge in [0.25, 0.3) is 0 Å². The molecular formula is C22H26N4O5. The van der Waals surface area contributed by atoms with Gasteiger partial charge in [-0.2, -0.15) is 4.98 Å². The molecule has 2 aromatic heterocycles. The Morgan fingerprint density at radius 3 is 2.84 bits per heavy atom. The molecule has 4 rings (SSSR count). The number of aromatic hydroxyl groups is 1. The van der Waals surface area contributed by atoms with Crippen LogP contribution in [-0.2, 0) is 11.3 Å². The van der Waals surface area contributed by atoms with Crippen molar-refractivity contribution in [2.45, 2.75) is 25.4 Å². The minimum Gasteiger partial charge on any atom is -0.507 e. The number of aromatic nitrogens is 3. The van der Waals surface area contributed by atoms with Crippen molar-refractivity contribution in [1.29, 1.82) is 0 Å². The summed E-state index contributed by atoms with van der Waals surface area (Å²) in [5.74, 6) is 2.43. The van der Waals surface area contributed by atoms with Crippen LogP contribution in [0, 0.1) is 0 Å². The van der Waals surface area contributed by atoms with Crippen molar-refractivity contribution < 1.29 is 23.8 Å². The minimum atomic E-state index is 0.00682. The van der Waals surface area contributed by atoms with Gasteiger partial charge in [0.05, 0.1) is 19.8 Å². The molecule has 0 spiro atoms. The molecule has 9 nitrogen and oxygen atoms in total. The summed E-state index contributed by atoms with van der Waals surface area (Å²) in [5.41, 5.74) is 1.59. The van der Waals surface area contributed by atoms with Gasteiger partial charge < -0.3 is 23.8 Å². The van der Waals surface area contributed by atoms with Gasteiger partial charge in [0.1, 0.15) is 18.1 Å². The Kier molecular flexibility index (Phi) is 6.63. The summed E-state index contributed by atoms with van der Waals surface area (Å²) in [7, 11) is 3.20. The molecule has 1 aliphatic rings. The summed E-state index contributed by atoms with van der Waals surface area (Å²) in [6.45, 7) is 2.43. The second-order valence-corrected chi connectivity index (χ2v) is 7.31. The summed E-state index contributed by atoms with van der Waals surface area (Å²) in [6, 6.07) is 8.99. The topological polar surface area (TPSA) is 103 Å². The predicted octanol–water partition coefficient (Wildman–Crippen LogP) is 3.21. The third-order valence-corrected chi connectivity index (χ3v) is 5.29. The van der Waals surface area contributed by atoms with Crippen LogP contribution in [-0.4, -0.2) is 59.1 Å². The van der Waals surface area contributed by atoms with E-state index in [1.807, 2.05) is 18.2 Å². The first-order valence-corrected chi connectivity index (χ1v) is 10.2. The number of rotatable bonds is 9. The van der Waals surface area contributed by atoms with Crippen molar-refractivity contribution in [3.63, 3.8) is 0 Å². The van der Waals surface area contributed by atoms with Crippen LogP contribution in [0.5, 0.6) is 17.4 Å². The van der Waals surface area contributed by atoms with Gasteiger partial charge in [-0.05, 0) is 31.5 Å². The third kappa shape index (κ3) is 4.95. The van der Waals surface area contributed by atoms with Gasteiger partial charge in [-0.15, -0.1) is 0 Å². The first-order chi connectivity index (χ1) is 15.2. The summed E-state index contributed by atoms with van der Waals surface area (Å²) >= 11 is 0. The van der Waals surface area contributed by atoms with E-state index in [0.29, 0.717) is 43.1 Å². The van der Waals surface area contributed by atoms with Gasteiger partial charge in [-0.3, -0.25) is 4.90 Å². The number of nitrogens with zero attached hydrogens (tertiary/aromatic N) is 4. The molecule has 1 fully saturated rings.